The number of ether oxygens (including phenoxy) is 2. The summed E-state index contributed by atoms with van der Waals surface area (Å²) in [5, 5.41) is 21.5. The van der Waals surface area contributed by atoms with Gasteiger partial charge in [0.2, 0.25) is 0 Å². The molecule has 0 fully saturated rings. The number of carbonyl (C=O) groups is 1. The Hall–Kier alpha value is -2.90. The molecule has 156 valence electrons. The van der Waals surface area contributed by atoms with Crippen molar-refractivity contribution >= 4 is 46.1 Å². The van der Waals surface area contributed by atoms with E-state index in [1.807, 2.05) is 6.92 Å². The third kappa shape index (κ3) is 4.98. The second-order valence-electron chi connectivity index (χ2n) is 6.11. The number of hydrogen-bond acceptors (Lipinski definition) is 7. The van der Waals surface area contributed by atoms with Gasteiger partial charge in [-0.05, 0) is 61.9 Å². The van der Waals surface area contributed by atoms with Crippen LogP contribution in [0.3, 0.4) is 0 Å². The van der Waals surface area contributed by atoms with Crippen molar-refractivity contribution in [2.45, 2.75) is 13.8 Å². The van der Waals surface area contributed by atoms with E-state index in [0.29, 0.717) is 38.6 Å². The summed E-state index contributed by atoms with van der Waals surface area (Å²) in [5.74, 6) is -0.509. The van der Waals surface area contributed by atoms with Gasteiger partial charge in [0.25, 0.3) is 0 Å². The highest BCUT2D eigenvalue weighted by atomic mass is 35.5. The highest BCUT2D eigenvalue weighted by molar-refractivity contribution is 8.18. The molecule has 0 unspecified atom stereocenters. The Morgan fingerprint density at radius 2 is 1.87 bits per heavy atom. The standard InChI is InChI=1S/C22H20ClNO5S/c1-3-28-17-11-13(5-10-16(17)25)12-18-20(26)19(22(27)29-4-2)21(30-18)24-15-8-6-14(23)7-9-15/h5-12,25-26H,3-4H2,1-2H3/b18-12+,24-21?. The van der Waals surface area contributed by atoms with Gasteiger partial charge in [0.1, 0.15) is 16.4 Å². The number of phenols is 1. The van der Waals surface area contributed by atoms with E-state index in [1.54, 1.807) is 49.4 Å². The molecule has 3 rings (SSSR count). The van der Waals surface area contributed by atoms with Crippen molar-refractivity contribution < 1.29 is 24.5 Å². The molecule has 1 heterocycles. The fourth-order valence-corrected chi connectivity index (χ4v) is 3.83. The molecule has 8 heteroatoms. The molecule has 0 atom stereocenters. The smallest absolute Gasteiger partial charge is 0.344 e. The molecule has 0 bridgehead atoms. The molecule has 2 aromatic rings. The summed E-state index contributed by atoms with van der Waals surface area (Å²) in [6.07, 6.45) is 1.69. The van der Waals surface area contributed by atoms with Gasteiger partial charge in [0, 0.05) is 5.02 Å². The van der Waals surface area contributed by atoms with E-state index in [-0.39, 0.29) is 23.7 Å². The van der Waals surface area contributed by atoms with Crippen molar-refractivity contribution in [1.82, 2.24) is 0 Å². The molecular weight excluding hydrogens is 426 g/mol. The lowest BCUT2D eigenvalue weighted by Gasteiger charge is -2.07. The minimum atomic E-state index is -0.653. The lowest BCUT2D eigenvalue weighted by molar-refractivity contribution is -0.138. The molecule has 0 amide bonds. The van der Waals surface area contributed by atoms with E-state index in [2.05, 4.69) is 4.99 Å². The maximum atomic E-state index is 12.5. The van der Waals surface area contributed by atoms with Crippen LogP contribution in [0.2, 0.25) is 5.02 Å². The number of nitrogens with zero attached hydrogens (tertiary/aromatic N) is 1. The number of hydrogen-bond donors (Lipinski definition) is 2. The minimum Gasteiger partial charge on any atom is -0.506 e. The number of aliphatic hydroxyl groups excluding tert-OH is 1. The molecular formula is C22H20ClNO5S. The Morgan fingerprint density at radius 3 is 2.53 bits per heavy atom. The van der Waals surface area contributed by atoms with Gasteiger partial charge in [0.15, 0.2) is 11.5 Å². The molecule has 2 N–H and O–H groups in total. The highest BCUT2D eigenvalue weighted by Gasteiger charge is 2.33. The number of carbonyl (C=O) groups excluding carboxylic acids is 1. The molecule has 0 saturated carbocycles. The zero-order valence-electron chi connectivity index (χ0n) is 16.4. The van der Waals surface area contributed by atoms with E-state index in [4.69, 9.17) is 21.1 Å². The molecule has 0 aliphatic carbocycles. The van der Waals surface area contributed by atoms with E-state index in [1.165, 1.54) is 6.07 Å². The van der Waals surface area contributed by atoms with Gasteiger partial charge in [0.05, 0.1) is 23.8 Å². The summed E-state index contributed by atoms with van der Waals surface area (Å²) in [7, 11) is 0. The molecule has 1 aliphatic heterocycles. The number of aromatic hydroxyl groups is 1. The van der Waals surface area contributed by atoms with Crippen LogP contribution >= 0.6 is 23.4 Å². The Morgan fingerprint density at radius 1 is 1.13 bits per heavy atom. The molecule has 2 aromatic carbocycles. The summed E-state index contributed by atoms with van der Waals surface area (Å²) in [5.41, 5.74) is 1.27. The lowest BCUT2D eigenvalue weighted by atomic mass is 10.1. The van der Waals surface area contributed by atoms with Crippen LogP contribution in [0.5, 0.6) is 11.5 Å². The number of benzene rings is 2. The van der Waals surface area contributed by atoms with Gasteiger partial charge in [-0.1, -0.05) is 29.4 Å². The first-order chi connectivity index (χ1) is 14.4. The maximum Gasteiger partial charge on any atom is 0.344 e. The van der Waals surface area contributed by atoms with E-state index in [0.717, 1.165) is 11.8 Å². The Bertz CT molecular complexity index is 1040. The van der Waals surface area contributed by atoms with Crippen LogP contribution in [-0.2, 0) is 9.53 Å². The fourth-order valence-electron chi connectivity index (χ4n) is 2.67. The second-order valence-corrected chi connectivity index (χ2v) is 7.58. The van der Waals surface area contributed by atoms with Crippen LogP contribution < -0.4 is 4.74 Å². The summed E-state index contributed by atoms with van der Waals surface area (Å²) in [6.45, 7) is 4.08. The van der Waals surface area contributed by atoms with Crippen molar-refractivity contribution in [3.63, 3.8) is 0 Å². The van der Waals surface area contributed by atoms with Gasteiger partial charge < -0.3 is 19.7 Å². The average molecular weight is 446 g/mol. The van der Waals surface area contributed by atoms with Gasteiger partial charge >= 0.3 is 5.97 Å². The first-order valence-corrected chi connectivity index (χ1v) is 10.4. The maximum absolute atomic E-state index is 12.5. The van der Waals surface area contributed by atoms with Crippen molar-refractivity contribution in [2.75, 3.05) is 13.2 Å². The van der Waals surface area contributed by atoms with Crippen molar-refractivity contribution in [3.05, 3.63) is 69.3 Å². The SMILES string of the molecule is CCOC(=O)C1=C(O)/C(=C\c2ccc(O)c(OCC)c2)SC1=Nc1ccc(Cl)cc1. The largest absolute Gasteiger partial charge is 0.506 e. The van der Waals surface area contributed by atoms with Crippen molar-refractivity contribution in [2.24, 2.45) is 4.99 Å². The second kappa shape index (κ2) is 9.73. The first-order valence-electron chi connectivity index (χ1n) is 9.23. The van der Waals surface area contributed by atoms with Gasteiger partial charge in [-0.2, -0.15) is 0 Å². The average Bonchev–Trinajstić information content (AvgIpc) is 3.01. The number of rotatable bonds is 6. The number of aliphatic hydroxyl groups is 1. The Labute approximate surface area is 183 Å². The molecule has 1 aliphatic rings. The summed E-state index contributed by atoms with van der Waals surface area (Å²) >= 11 is 7.07. The monoisotopic (exact) mass is 445 g/mol. The molecule has 0 aromatic heterocycles. The molecule has 6 nitrogen and oxygen atoms in total. The fraction of sp³-hybridized carbons (Fsp3) is 0.182. The summed E-state index contributed by atoms with van der Waals surface area (Å²) in [4.78, 5) is 17.4. The van der Waals surface area contributed by atoms with Crippen LogP contribution in [-0.4, -0.2) is 34.4 Å². The van der Waals surface area contributed by atoms with Crippen LogP contribution in [0.4, 0.5) is 5.69 Å². The molecule has 0 saturated heterocycles. The zero-order chi connectivity index (χ0) is 21.7. The lowest BCUT2D eigenvalue weighted by Crippen LogP contribution is -2.12. The molecule has 0 radical (unpaired) electrons. The quantitative estimate of drug-likeness (QED) is 0.559. The summed E-state index contributed by atoms with van der Waals surface area (Å²) in [6, 6.07) is 11.6. The topological polar surface area (TPSA) is 88.4 Å². The van der Waals surface area contributed by atoms with Crippen LogP contribution in [0.1, 0.15) is 19.4 Å². The minimum absolute atomic E-state index is 0.00635. The summed E-state index contributed by atoms with van der Waals surface area (Å²) < 4.78 is 10.5. The number of aliphatic imine (C=N–C) groups is 1. The van der Waals surface area contributed by atoms with Gasteiger partial charge in [-0.3, -0.25) is 0 Å². The Balaban J connectivity index is 2.02. The van der Waals surface area contributed by atoms with Crippen molar-refractivity contribution in [3.8, 4) is 11.5 Å². The zero-order valence-corrected chi connectivity index (χ0v) is 18.0. The van der Waals surface area contributed by atoms with E-state index >= 15 is 0 Å². The van der Waals surface area contributed by atoms with Crippen LogP contribution in [0.15, 0.2) is 63.7 Å². The van der Waals surface area contributed by atoms with E-state index < -0.39 is 5.97 Å². The van der Waals surface area contributed by atoms with Gasteiger partial charge in [-0.25, -0.2) is 9.79 Å². The third-order valence-corrected chi connectivity index (χ3v) is 5.28. The van der Waals surface area contributed by atoms with Gasteiger partial charge in [-0.15, -0.1) is 0 Å². The number of halogens is 1. The Kier molecular flexibility index (Phi) is 7.07. The molecule has 0 spiro atoms. The van der Waals surface area contributed by atoms with Crippen molar-refractivity contribution in [1.29, 1.82) is 0 Å². The predicted octanol–water partition coefficient (Wildman–Crippen LogP) is 5.64. The first kappa shape index (κ1) is 21.8. The third-order valence-electron chi connectivity index (χ3n) is 4.01. The highest BCUT2D eigenvalue weighted by Crippen LogP contribution is 2.41. The van der Waals surface area contributed by atoms with E-state index in [9.17, 15) is 15.0 Å². The number of thioether (sulfide) groups is 1. The number of esters is 1. The normalized spacial score (nSPS) is 16.4. The molecule has 30 heavy (non-hydrogen) atoms. The predicted molar refractivity (Wildman–Crippen MR) is 120 cm³/mol. The number of phenolic OH excluding ortho intramolecular Hbond substituents is 1. The van der Waals surface area contributed by atoms with Crippen LogP contribution in [0.25, 0.3) is 6.08 Å². The van der Waals surface area contributed by atoms with Crippen LogP contribution in [0, 0.1) is 0 Å².